The van der Waals surface area contributed by atoms with Crippen LogP contribution in [0.25, 0.3) is 0 Å². The van der Waals surface area contributed by atoms with Crippen LogP contribution in [0.15, 0.2) is 23.3 Å². The zero-order valence-electron chi connectivity index (χ0n) is 13.3. The van der Waals surface area contributed by atoms with Crippen molar-refractivity contribution in [1.82, 2.24) is 24.6 Å². The van der Waals surface area contributed by atoms with Crippen LogP contribution in [-0.2, 0) is 17.9 Å². The van der Waals surface area contributed by atoms with Crippen LogP contribution in [0.2, 0.25) is 5.02 Å². The molecule has 0 aromatic carbocycles. The maximum Gasteiger partial charge on any atom is 0.227 e. The molecule has 1 amide bonds. The molecule has 0 N–H and O–H groups in total. The summed E-state index contributed by atoms with van der Waals surface area (Å²) < 4.78 is 1.87. The lowest BCUT2D eigenvalue weighted by molar-refractivity contribution is -0.140. The van der Waals surface area contributed by atoms with Gasteiger partial charge in [-0.3, -0.25) is 14.4 Å². The van der Waals surface area contributed by atoms with Crippen molar-refractivity contribution in [3.05, 3.63) is 34.0 Å². The lowest BCUT2D eigenvalue weighted by Crippen LogP contribution is -2.47. The first-order valence-corrected chi connectivity index (χ1v) is 9.59. The van der Waals surface area contributed by atoms with Crippen molar-refractivity contribution < 1.29 is 4.79 Å². The molecule has 5 heterocycles. The summed E-state index contributed by atoms with van der Waals surface area (Å²) in [4.78, 5) is 21.6. The van der Waals surface area contributed by atoms with E-state index in [0.717, 1.165) is 44.7 Å². The molecule has 6 nitrogen and oxygen atoms in total. The van der Waals surface area contributed by atoms with Gasteiger partial charge in [0.05, 0.1) is 41.4 Å². The molecule has 0 spiro atoms. The first kappa shape index (κ1) is 16.1. The zero-order valence-corrected chi connectivity index (χ0v) is 14.9. The highest BCUT2D eigenvalue weighted by Crippen LogP contribution is 2.30. The fraction of sp³-hybridized carbons (Fsp3) is 0.562. The smallest absolute Gasteiger partial charge is 0.227 e. The van der Waals surface area contributed by atoms with E-state index in [9.17, 15) is 4.79 Å². The van der Waals surface area contributed by atoms with Gasteiger partial charge in [0.2, 0.25) is 5.91 Å². The quantitative estimate of drug-likeness (QED) is 0.814. The number of nitrogens with zero attached hydrogens (tertiary/aromatic N) is 5. The van der Waals surface area contributed by atoms with Gasteiger partial charge in [0.1, 0.15) is 0 Å². The standard InChI is InChI=1S/C16H20ClN5OS/c17-13-5-19-21(7-13)4-3-20-6-12-1-2-15(9-20)22(16(12)23)8-14-10-24-11-18-14/h5,7,10-12,15H,1-4,6,8-9H2/t12-,15+/m0/s1. The molecule has 3 aliphatic rings. The third-order valence-corrected chi connectivity index (χ3v) is 5.76. The van der Waals surface area contributed by atoms with Gasteiger partial charge in [-0.15, -0.1) is 11.3 Å². The molecule has 2 aromatic rings. The van der Waals surface area contributed by atoms with Crippen molar-refractivity contribution in [3.63, 3.8) is 0 Å². The van der Waals surface area contributed by atoms with Crippen molar-refractivity contribution >= 4 is 28.8 Å². The molecule has 0 aliphatic carbocycles. The van der Waals surface area contributed by atoms with Crippen molar-refractivity contribution in [1.29, 1.82) is 0 Å². The Morgan fingerprint density at radius 3 is 2.96 bits per heavy atom. The zero-order chi connectivity index (χ0) is 16.5. The summed E-state index contributed by atoms with van der Waals surface area (Å²) in [6, 6.07) is 0.291. The Labute approximate surface area is 150 Å². The molecule has 3 saturated heterocycles. The molecule has 128 valence electrons. The van der Waals surface area contributed by atoms with E-state index in [1.807, 2.05) is 26.7 Å². The van der Waals surface area contributed by atoms with Crippen molar-refractivity contribution in [3.8, 4) is 0 Å². The number of hydrogen-bond acceptors (Lipinski definition) is 5. The summed E-state index contributed by atoms with van der Waals surface area (Å²) in [5, 5.41) is 6.93. The van der Waals surface area contributed by atoms with Gasteiger partial charge in [-0.25, -0.2) is 4.98 Å². The highest BCUT2D eigenvalue weighted by molar-refractivity contribution is 7.07. The van der Waals surface area contributed by atoms with Crippen LogP contribution in [0.1, 0.15) is 18.5 Å². The molecule has 2 bridgehead atoms. The minimum atomic E-state index is 0.114. The van der Waals surface area contributed by atoms with Gasteiger partial charge in [0.25, 0.3) is 0 Å². The third kappa shape index (κ3) is 3.34. The van der Waals surface area contributed by atoms with E-state index in [4.69, 9.17) is 11.6 Å². The molecular formula is C16H20ClN5OS. The molecule has 8 heteroatoms. The molecule has 3 fully saturated rings. The lowest BCUT2D eigenvalue weighted by Gasteiger charge is -2.35. The van der Waals surface area contributed by atoms with E-state index in [2.05, 4.69) is 15.0 Å². The minimum absolute atomic E-state index is 0.114. The van der Waals surface area contributed by atoms with Crippen LogP contribution in [0, 0.1) is 5.92 Å². The summed E-state index contributed by atoms with van der Waals surface area (Å²) in [6.07, 6.45) is 5.59. The van der Waals surface area contributed by atoms with Crippen molar-refractivity contribution in [2.75, 3.05) is 19.6 Å². The predicted octanol–water partition coefficient (Wildman–Crippen LogP) is 2.12. The van der Waals surface area contributed by atoms with Gasteiger partial charge in [-0.1, -0.05) is 11.6 Å². The second-order valence-corrected chi connectivity index (χ2v) is 7.71. The molecule has 0 saturated carbocycles. The fourth-order valence-electron chi connectivity index (χ4n) is 3.72. The summed E-state index contributed by atoms with van der Waals surface area (Å²) in [5.74, 6) is 0.410. The molecule has 0 radical (unpaired) electrons. The van der Waals surface area contributed by atoms with E-state index in [0.29, 0.717) is 23.5 Å². The minimum Gasteiger partial charge on any atom is -0.332 e. The average molecular weight is 366 g/mol. The van der Waals surface area contributed by atoms with E-state index in [1.54, 1.807) is 17.5 Å². The fourth-order valence-corrected chi connectivity index (χ4v) is 4.42. The molecule has 2 atom stereocenters. The lowest BCUT2D eigenvalue weighted by atomic mass is 9.94. The van der Waals surface area contributed by atoms with Crippen molar-refractivity contribution in [2.24, 2.45) is 5.92 Å². The number of piperidine rings is 1. The normalized spacial score (nSPS) is 24.5. The number of halogens is 1. The molecule has 24 heavy (non-hydrogen) atoms. The van der Waals surface area contributed by atoms with Gasteiger partial charge in [0, 0.05) is 37.3 Å². The van der Waals surface area contributed by atoms with Crippen LogP contribution in [-0.4, -0.2) is 56.1 Å². The first-order valence-electron chi connectivity index (χ1n) is 8.27. The molecule has 3 aliphatic heterocycles. The summed E-state index contributed by atoms with van der Waals surface area (Å²) in [5.41, 5.74) is 2.83. The number of thiazole rings is 1. The Morgan fingerprint density at radius 1 is 1.29 bits per heavy atom. The molecule has 2 aromatic heterocycles. The maximum atomic E-state index is 12.8. The molecule has 0 unspecified atom stereocenters. The SMILES string of the molecule is O=C1[C@H]2CC[C@H](CN(CCn3cc(Cl)cn3)C2)N1Cc1cscn1. The van der Waals surface area contributed by atoms with Crippen LogP contribution < -0.4 is 0 Å². The summed E-state index contributed by atoms with van der Waals surface area (Å²) in [7, 11) is 0. The second-order valence-electron chi connectivity index (χ2n) is 6.56. The van der Waals surface area contributed by atoms with Crippen LogP contribution >= 0.6 is 22.9 Å². The Bertz CT molecular complexity index is 703. The number of hydrogen-bond donors (Lipinski definition) is 0. The number of rotatable bonds is 5. The van der Waals surface area contributed by atoms with Gasteiger partial charge in [0.15, 0.2) is 0 Å². The number of carbonyl (C=O) groups is 1. The molecular weight excluding hydrogens is 346 g/mol. The van der Waals surface area contributed by atoms with E-state index in [1.165, 1.54) is 0 Å². The van der Waals surface area contributed by atoms with Crippen LogP contribution in [0.4, 0.5) is 0 Å². The topological polar surface area (TPSA) is 54.3 Å². The van der Waals surface area contributed by atoms with E-state index < -0.39 is 0 Å². The number of carbonyl (C=O) groups excluding carboxylic acids is 1. The Hall–Kier alpha value is -1.44. The van der Waals surface area contributed by atoms with Gasteiger partial charge >= 0.3 is 0 Å². The number of aromatic nitrogens is 3. The van der Waals surface area contributed by atoms with Gasteiger partial charge in [-0.2, -0.15) is 5.10 Å². The monoisotopic (exact) mass is 365 g/mol. The van der Waals surface area contributed by atoms with Gasteiger partial charge < -0.3 is 4.90 Å². The predicted molar refractivity (Wildman–Crippen MR) is 92.9 cm³/mol. The van der Waals surface area contributed by atoms with E-state index in [-0.39, 0.29) is 5.92 Å². The number of fused-ring (bicyclic) bond motifs is 4. The third-order valence-electron chi connectivity index (χ3n) is 4.93. The molecule has 5 rings (SSSR count). The van der Waals surface area contributed by atoms with Crippen molar-refractivity contribution in [2.45, 2.75) is 32.0 Å². The summed E-state index contributed by atoms with van der Waals surface area (Å²) >= 11 is 7.50. The average Bonchev–Trinajstić information content (AvgIpc) is 3.15. The van der Waals surface area contributed by atoms with E-state index >= 15 is 0 Å². The highest BCUT2D eigenvalue weighted by atomic mass is 35.5. The Morgan fingerprint density at radius 2 is 2.21 bits per heavy atom. The first-order chi connectivity index (χ1) is 11.7. The van der Waals surface area contributed by atoms with Crippen LogP contribution in [0.5, 0.6) is 0 Å². The maximum absolute atomic E-state index is 12.8. The largest absolute Gasteiger partial charge is 0.332 e. The Balaban J connectivity index is 1.42. The number of amides is 1. The second kappa shape index (κ2) is 6.82. The Kier molecular flexibility index (Phi) is 4.56. The summed E-state index contributed by atoms with van der Waals surface area (Å²) in [6.45, 7) is 4.11. The highest BCUT2D eigenvalue weighted by Gasteiger charge is 2.40. The van der Waals surface area contributed by atoms with Crippen LogP contribution in [0.3, 0.4) is 0 Å². The van der Waals surface area contributed by atoms with Gasteiger partial charge in [-0.05, 0) is 12.8 Å².